The predicted molar refractivity (Wildman–Crippen MR) is 90.1 cm³/mol. The van der Waals surface area contributed by atoms with Crippen molar-refractivity contribution in [2.24, 2.45) is 0 Å². The van der Waals surface area contributed by atoms with Crippen molar-refractivity contribution >= 4 is 22.1 Å². The van der Waals surface area contributed by atoms with Crippen LogP contribution in [0.2, 0.25) is 0 Å². The maximum Gasteiger partial charge on any atom is 0.134 e. The molecule has 1 atom stereocenters. The van der Waals surface area contributed by atoms with Crippen LogP contribution in [-0.2, 0) is 0 Å². The second kappa shape index (κ2) is 6.90. The molecule has 0 bridgehead atoms. The molecule has 0 fully saturated rings. The van der Waals surface area contributed by atoms with Crippen molar-refractivity contribution in [3.63, 3.8) is 0 Å². The summed E-state index contributed by atoms with van der Waals surface area (Å²) in [6.45, 7) is 0.863. The molecular weight excluding hydrogens is 297 g/mol. The summed E-state index contributed by atoms with van der Waals surface area (Å²) >= 11 is 1.68. The third-order valence-electron chi connectivity index (χ3n) is 3.62. The van der Waals surface area contributed by atoms with Crippen molar-refractivity contribution in [2.75, 3.05) is 13.6 Å². The fourth-order valence-electron chi connectivity index (χ4n) is 2.50. The van der Waals surface area contributed by atoms with Crippen LogP contribution < -0.4 is 10.1 Å². The van der Waals surface area contributed by atoms with E-state index in [2.05, 4.69) is 11.4 Å². The van der Waals surface area contributed by atoms with Crippen molar-refractivity contribution in [1.29, 1.82) is 0 Å². The zero-order valence-corrected chi connectivity index (χ0v) is 13.2. The first-order valence-electron chi connectivity index (χ1n) is 7.31. The number of hydrogen-bond acceptors (Lipinski definition) is 3. The second-order valence-corrected chi connectivity index (χ2v) is 6.08. The SMILES string of the molecule is CNCCC(Oc1ccc(F)c2ccccc12)c1cccs1. The van der Waals surface area contributed by atoms with Crippen molar-refractivity contribution in [2.45, 2.75) is 12.5 Å². The lowest BCUT2D eigenvalue weighted by molar-refractivity contribution is 0.201. The maximum absolute atomic E-state index is 13.9. The Morgan fingerprint density at radius 3 is 2.64 bits per heavy atom. The third kappa shape index (κ3) is 3.13. The summed E-state index contributed by atoms with van der Waals surface area (Å²) in [5.74, 6) is 0.511. The zero-order chi connectivity index (χ0) is 15.4. The first-order valence-corrected chi connectivity index (χ1v) is 8.19. The van der Waals surface area contributed by atoms with E-state index in [1.54, 1.807) is 23.5 Å². The highest BCUT2D eigenvalue weighted by molar-refractivity contribution is 7.10. The van der Waals surface area contributed by atoms with E-state index < -0.39 is 0 Å². The highest BCUT2D eigenvalue weighted by Gasteiger charge is 2.16. The normalized spacial score (nSPS) is 12.5. The van der Waals surface area contributed by atoms with Crippen molar-refractivity contribution in [3.05, 3.63) is 64.6 Å². The van der Waals surface area contributed by atoms with Gasteiger partial charge in [-0.05, 0) is 37.2 Å². The summed E-state index contributed by atoms with van der Waals surface area (Å²) in [4.78, 5) is 1.18. The van der Waals surface area contributed by atoms with Crippen molar-refractivity contribution in [1.82, 2.24) is 5.32 Å². The molecule has 1 N–H and O–H groups in total. The minimum atomic E-state index is -0.217. The minimum absolute atomic E-state index is 0.0266. The van der Waals surface area contributed by atoms with Crippen LogP contribution in [0.15, 0.2) is 53.9 Å². The van der Waals surface area contributed by atoms with E-state index >= 15 is 0 Å². The van der Waals surface area contributed by atoms with Crippen LogP contribution in [0.5, 0.6) is 5.75 Å². The summed E-state index contributed by atoms with van der Waals surface area (Å²) in [5.41, 5.74) is 0. The highest BCUT2D eigenvalue weighted by atomic mass is 32.1. The van der Waals surface area contributed by atoms with Gasteiger partial charge in [0.2, 0.25) is 0 Å². The van der Waals surface area contributed by atoms with Gasteiger partial charge < -0.3 is 10.1 Å². The molecule has 0 amide bonds. The molecule has 3 rings (SSSR count). The Labute approximate surface area is 133 Å². The van der Waals surface area contributed by atoms with Crippen LogP contribution >= 0.6 is 11.3 Å². The van der Waals surface area contributed by atoms with E-state index in [4.69, 9.17) is 4.74 Å². The molecule has 0 saturated heterocycles. The molecule has 4 heteroatoms. The van der Waals surface area contributed by atoms with Gasteiger partial charge in [-0.2, -0.15) is 0 Å². The number of fused-ring (bicyclic) bond motifs is 1. The minimum Gasteiger partial charge on any atom is -0.484 e. The van der Waals surface area contributed by atoms with Gasteiger partial charge >= 0.3 is 0 Å². The molecule has 0 saturated carbocycles. The molecule has 2 aromatic carbocycles. The average molecular weight is 315 g/mol. The number of hydrogen-bond donors (Lipinski definition) is 1. The van der Waals surface area contributed by atoms with Crippen molar-refractivity contribution < 1.29 is 9.13 Å². The standard InChI is InChI=1S/C18H18FNOS/c1-20-11-10-17(18-7-4-12-22-18)21-16-9-8-15(19)13-5-2-3-6-14(13)16/h2-9,12,17,20H,10-11H2,1H3. The van der Waals surface area contributed by atoms with Crippen LogP contribution in [0, 0.1) is 5.82 Å². The number of benzene rings is 2. The number of rotatable bonds is 6. The molecule has 3 aromatic rings. The lowest BCUT2D eigenvalue weighted by atomic mass is 10.1. The molecule has 114 valence electrons. The lowest BCUT2D eigenvalue weighted by Crippen LogP contribution is -2.15. The Morgan fingerprint density at radius 2 is 1.91 bits per heavy atom. The molecule has 0 aliphatic carbocycles. The van der Waals surface area contributed by atoms with Crippen molar-refractivity contribution in [3.8, 4) is 5.75 Å². The quantitative estimate of drug-likeness (QED) is 0.707. The van der Waals surface area contributed by atoms with Gasteiger partial charge in [0.15, 0.2) is 0 Å². The summed E-state index contributed by atoms with van der Waals surface area (Å²) in [6, 6.07) is 14.7. The Bertz CT molecular complexity index is 742. The van der Waals surface area contributed by atoms with Crippen LogP contribution in [0.25, 0.3) is 10.8 Å². The van der Waals surface area contributed by atoms with E-state index in [-0.39, 0.29) is 11.9 Å². The number of halogens is 1. The smallest absolute Gasteiger partial charge is 0.134 e. The predicted octanol–water partition coefficient (Wildman–Crippen LogP) is 4.77. The fourth-order valence-corrected chi connectivity index (χ4v) is 3.29. The van der Waals surface area contributed by atoms with Crippen LogP contribution in [0.1, 0.15) is 17.4 Å². The number of thiophene rings is 1. The van der Waals surface area contributed by atoms with Gasteiger partial charge in [-0.25, -0.2) is 4.39 Å². The zero-order valence-electron chi connectivity index (χ0n) is 12.4. The van der Waals surface area contributed by atoms with Crippen LogP contribution in [0.4, 0.5) is 4.39 Å². The first kappa shape index (κ1) is 15.0. The molecular formula is C18H18FNOS. The molecule has 22 heavy (non-hydrogen) atoms. The molecule has 2 nitrogen and oxygen atoms in total. The Morgan fingerprint density at radius 1 is 1.09 bits per heavy atom. The van der Waals surface area contributed by atoms with Gasteiger partial charge in [0.25, 0.3) is 0 Å². The largest absolute Gasteiger partial charge is 0.484 e. The summed E-state index contributed by atoms with van der Waals surface area (Å²) in [7, 11) is 1.93. The molecule has 0 aliphatic heterocycles. The van der Waals surface area contributed by atoms with Crippen LogP contribution in [0.3, 0.4) is 0 Å². The van der Waals surface area contributed by atoms with Crippen LogP contribution in [-0.4, -0.2) is 13.6 Å². The Kier molecular flexibility index (Phi) is 4.71. The molecule has 0 aliphatic rings. The number of ether oxygens (including phenoxy) is 1. The fraction of sp³-hybridized carbons (Fsp3) is 0.222. The van der Waals surface area contributed by atoms with Gasteiger partial charge in [0.1, 0.15) is 17.7 Å². The topological polar surface area (TPSA) is 21.3 Å². The Hall–Kier alpha value is -1.91. The summed E-state index contributed by atoms with van der Waals surface area (Å²) in [5, 5.41) is 6.62. The molecule has 0 spiro atoms. The Balaban J connectivity index is 1.94. The second-order valence-electron chi connectivity index (χ2n) is 5.11. The molecule has 1 unspecified atom stereocenters. The van der Waals surface area contributed by atoms with Gasteiger partial charge in [0.05, 0.1) is 0 Å². The van der Waals surface area contributed by atoms with Gasteiger partial charge in [-0.1, -0.05) is 30.3 Å². The average Bonchev–Trinajstić information content (AvgIpc) is 3.08. The lowest BCUT2D eigenvalue weighted by Gasteiger charge is -2.19. The van der Waals surface area contributed by atoms with E-state index in [0.29, 0.717) is 5.39 Å². The molecule has 1 aromatic heterocycles. The van der Waals surface area contributed by atoms with E-state index in [9.17, 15) is 4.39 Å². The third-order valence-corrected chi connectivity index (χ3v) is 4.58. The maximum atomic E-state index is 13.9. The molecule has 1 heterocycles. The van der Waals surface area contributed by atoms with E-state index in [1.165, 1.54) is 10.9 Å². The molecule has 0 radical (unpaired) electrons. The number of nitrogens with one attached hydrogen (secondary N) is 1. The highest BCUT2D eigenvalue weighted by Crippen LogP contribution is 2.33. The summed E-state index contributed by atoms with van der Waals surface area (Å²) < 4.78 is 20.1. The van der Waals surface area contributed by atoms with E-state index in [1.807, 2.05) is 36.7 Å². The first-order chi connectivity index (χ1) is 10.8. The van der Waals surface area contributed by atoms with E-state index in [0.717, 1.165) is 24.1 Å². The monoisotopic (exact) mass is 315 g/mol. The van der Waals surface area contributed by atoms with Gasteiger partial charge in [-0.15, -0.1) is 11.3 Å². The van der Waals surface area contributed by atoms with Gasteiger partial charge in [-0.3, -0.25) is 0 Å². The summed E-state index contributed by atoms with van der Waals surface area (Å²) in [6.07, 6.45) is 0.837. The van der Waals surface area contributed by atoms with Gasteiger partial charge in [0, 0.05) is 22.1 Å².